The highest BCUT2D eigenvalue weighted by molar-refractivity contribution is 5.74. The van der Waals surface area contributed by atoms with Crippen LogP contribution in [0.4, 0.5) is 0 Å². The summed E-state index contributed by atoms with van der Waals surface area (Å²) in [5.41, 5.74) is 1.96. The highest BCUT2D eigenvalue weighted by Crippen LogP contribution is 2.06. The Morgan fingerprint density at radius 1 is 1.31 bits per heavy atom. The molecule has 0 aromatic heterocycles. The van der Waals surface area contributed by atoms with Crippen molar-refractivity contribution in [2.24, 2.45) is 0 Å². The quantitative estimate of drug-likeness (QED) is 0.387. The van der Waals surface area contributed by atoms with E-state index in [0.717, 1.165) is 31.1 Å². The smallest absolute Gasteiger partial charge is 0.150 e. The molecule has 0 spiro atoms. The number of hydrogen-bond acceptors (Lipinski definition) is 1. The maximum atomic E-state index is 10.4. The Hall–Kier alpha value is -1.55. The minimum absolute atomic E-state index is 0.723. The number of benzene rings is 1. The van der Waals surface area contributed by atoms with Crippen LogP contribution in [0.1, 0.15) is 28.8 Å². The predicted octanol–water partition coefficient (Wildman–Crippen LogP) is 2.46. The van der Waals surface area contributed by atoms with Gasteiger partial charge in [-0.3, -0.25) is 4.79 Å². The van der Waals surface area contributed by atoms with Crippen molar-refractivity contribution in [3.05, 3.63) is 35.4 Å². The first-order valence-electron chi connectivity index (χ1n) is 4.34. The maximum absolute atomic E-state index is 10.4. The molecule has 1 nitrogen and oxygen atoms in total. The maximum Gasteiger partial charge on any atom is 0.150 e. The lowest BCUT2D eigenvalue weighted by Crippen LogP contribution is -1.86. The molecule has 1 aromatic rings. The summed E-state index contributed by atoms with van der Waals surface area (Å²) in [7, 11) is 0. The fourth-order valence-electron chi connectivity index (χ4n) is 1.16. The van der Waals surface area contributed by atoms with Crippen LogP contribution < -0.4 is 0 Å². The molecule has 0 N–H and O–H groups in total. The fourth-order valence-corrected chi connectivity index (χ4v) is 1.16. The van der Waals surface area contributed by atoms with E-state index in [4.69, 9.17) is 6.42 Å². The van der Waals surface area contributed by atoms with Crippen molar-refractivity contribution in [2.75, 3.05) is 0 Å². The van der Waals surface area contributed by atoms with Gasteiger partial charge < -0.3 is 0 Å². The van der Waals surface area contributed by atoms with E-state index < -0.39 is 0 Å². The molecule has 0 unspecified atom stereocenters. The van der Waals surface area contributed by atoms with Crippen molar-refractivity contribution in [3.8, 4) is 12.3 Å². The van der Waals surface area contributed by atoms with Crippen molar-refractivity contribution in [2.45, 2.75) is 19.3 Å². The summed E-state index contributed by atoms with van der Waals surface area (Å²) < 4.78 is 0. The van der Waals surface area contributed by atoms with Gasteiger partial charge in [0.05, 0.1) is 0 Å². The molecule has 1 heteroatoms. The number of carbonyl (C=O) groups excluding carboxylic acids is 1. The summed E-state index contributed by atoms with van der Waals surface area (Å²) in [6.45, 7) is 0. The number of aldehydes is 1. The van der Waals surface area contributed by atoms with Gasteiger partial charge in [0.1, 0.15) is 6.29 Å². The van der Waals surface area contributed by atoms with Gasteiger partial charge in [-0.05, 0) is 18.4 Å². The average molecular weight is 172 g/mol. The monoisotopic (exact) mass is 172 g/mol. The van der Waals surface area contributed by atoms with Crippen molar-refractivity contribution >= 4 is 6.29 Å². The van der Waals surface area contributed by atoms with Gasteiger partial charge >= 0.3 is 0 Å². The highest BCUT2D eigenvalue weighted by Gasteiger charge is 1.92. The van der Waals surface area contributed by atoms with E-state index in [1.54, 1.807) is 0 Å². The first-order chi connectivity index (χ1) is 6.36. The van der Waals surface area contributed by atoms with E-state index in [1.165, 1.54) is 5.56 Å². The van der Waals surface area contributed by atoms with Crippen LogP contribution in [-0.2, 0) is 6.42 Å². The lowest BCUT2D eigenvalue weighted by atomic mass is 10.1. The molecule has 13 heavy (non-hydrogen) atoms. The van der Waals surface area contributed by atoms with Crippen molar-refractivity contribution in [1.29, 1.82) is 0 Å². The number of terminal acetylenes is 1. The SMILES string of the molecule is C#CCCCc1ccc(C=O)cc1. The van der Waals surface area contributed by atoms with Crippen LogP contribution in [0.25, 0.3) is 0 Å². The molecule has 66 valence electrons. The van der Waals surface area contributed by atoms with Crippen LogP contribution in [0.3, 0.4) is 0 Å². The summed E-state index contributed by atoms with van der Waals surface area (Å²) in [5, 5.41) is 0. The molecule has 0 atom stereocenters. The Balaban J connectivity index is 2.50. The third kappa shape index (κ3) is 3.13. The number of rotatable bonds is 4. The second-order valence-corrected chi connectivity index (χ2v) is 2.92. The number of unbranched alkanes of at least 4 members (excludes halogenated alkanes) is 1. The molecular formula is C12H12O. The Bertz CT molecular complexity index is 303. The third-order valence-electron chi connectivity index (χ3n) is 1.90. The van der Waals surface area contributed by atoms with E-state index in [-0.39, 0.29) is 0 Å². The van der Waals surface area contributed by atoms with Gasteiger partial charge in [0.25, 0.3) is 0 Å². The minimum atomic E-state index is 0.723. The van der Waals surface area contributed by atoms with Gasteiger partial charge in [0.15, 0.2) is 0 Å². The molecule has 0 aliphatic carbocycles. The summed E-state index contributed by atoms with van der Waals surface area (Å²) in [6.07, 6.45) is 8.81. The summed E-state index contributed by atoms with van der Waals surface area (Å²) in [4.78, 5) is 10.4. The van der Waals surface area contributed by atoms with Crippen molar-refractivity contribution in [1.82, 2.24) is 0 Å². The molecular weight excluding hydrogens is 160 g/mol. The summed E-state index contributed by atoms with van der Waals surface area (Å²) in [5.74, 6) is 2.60. The molecule has 0 saturated carbocycles. The Labute approximate surface area is 78.8 Å². The van der Waals surface area contributed by atoms with Gasteiger partial charge in [-0.1, -0.05) is 24.3 Å². The summed E-state index contributed by atoms with van der Waals surface area (Å²) >= 11 is 0. The van der Waals surface area contributed by atoms with Gasteiger partial charge in [0.2, 0.25) is 0 Å². The van der Waals surface area contributed by atoms with E-state index in [1.807, 2.05) is 24.3 Å². The lowest BCUT2D eigenvalue weighted by Gasteiger charge is -1.98. The second-order valence-electron chi connectivity index (χ2n) is 2.92. The van der Waals surface area contributed by atoms with Gasteiger partial charge in [-0.25, -0.2) is 0 Å². The molecule has 1 aromatic carbocycles. The first kappa shape index (κ1) is 9.54. The number of aryl methyl sites for hydroxylation is 1. The standard InChI is InChI=1S/C12H12O/c1-2-3-4-5-11-6-8-12(10-13)9-7-11/h1,6-10H,3-5H2. The molecule has 0 fully saturated rings. The molecule has 1 rings (SSSR count). The van der Waals surface area contributed by atoms with Gasteiger partial charge in [0, 0.05) is 12.0 Å². The largest absolute Gasteiger partial charge is 0.298 e. The zero-order chi connectivity index (χ0) is 9.52. The van der Waals surface area contributed by atoms with Crippen LogP contribution in [-0.4, -0.2) is 6.29 Å². The van der Waals surface area contributed by atoms with Gasteiger partial charge in [-0.2, -0.15) is 0 Å². The van der Waals surface area contributed by atoms with Crippen LogP contribution in [0.5, 0.6) is 0 Å². The van der Waals surface area contributed by atoms with Crippen LogP contribution in [0.2, 0.25) is 0 Å². The normalized spacial score (nSPS) is 9.15. The molecule has 0 saturated heterocycles. The molecule has 0 heterocycles. The zero-order valence-electron chi connectivity index (χ0n) is 7.49. The van der Waals surface area contributed by atoms with Crippen molar-refractivity contribution in [3.63, 3.8) is 0 Å². The highest BCUT2D eigenvalue weighted by atomic mass is 16.1. The first-order valence-corrected chi connectivity index (χ1v) is 4.34. The summed E-state index contributed by atoms with van der Waals surface area (Å²) in [6, 6.07) is 7.61. The van der Waals surface area contributed by atoms with E-state index in [2.05, 4.69) is 5.92 Å². The van der Waals surface area contributed by atoms with Crippen LogP contribution >= 0.6 is 0 Å². The van der Waals surface area contributed by atoms with Crippen molar-refractivity contribution < 1.29 is 4.79 Å². The number of carbonyl (C=O) groups is 1. The minimum Gasteiger partial charge on any atom is -0.298 e. The molecule has 0 aliphatic heterocycles. The van der Waals surface area contributed by atoms with E-state index in [0.29, 0.717) is 0 Å². The Morgan fingerprint density at radius 2 is 2.00 bits per heavy atom. The molecule has 0 amide bonds. The molecule has 0 aliphatic rings. The number of hydrogen-bond donors (Lipinski definition) is 0. The Morgan fingerprint density at radius 3 is 2.54 bits per heavy atom. The average Bonchev–Trinajstić information content (AvgIpc) is 2.19. The molecule has 0 bridgehead atoms. The predicted molar refractivity (Wildman–Crippen MR) is 53.6 cm³/mol. The lowest BCUT2D eigenvalue weighted by molar-refractivity contribution is 0.112. The fraction of sp³-hybridized carbons (Fsp3) is 0.250. The van der Waals surface area contributed by atoms with Crippen LogP contribution in [0.15, 0.2) is 24.3 Å². The van der Waals surface area contributed by atoms with Gasteiger partial charge in [-0.15, -0.1) is 12.3 Å². The second kappa shape index (κ2) is 5.16. The topological polar surface area (TPSA) is 17.1 Å². The zero-order valence-corrected chi connectivity index (χ0v) is 7.49. The van der Waals surface area contributed by atoms with Crippen LogP contribution in [0, 0.1) is 12.3 Å². The molecule has 0 radical (unpaired) electrons. The third-order valence-corrected chi connectivity index (χ3v) is 1.90. The van der Waals surface area contributed by atoms with E-state index in [9.17, 15) is 4.79 Å². The van der Waals surface area contributed by atoms with E-state index >= 15 is 0 Å². The Kier molecular flexibility index (Phi) is 3.78.